The second kappa shape index (κ2) is 2.42. The molecule has 1 atom stereocenters. The van der Waals surface area contributed by atoms with E-state index in [0.29, 0.717) is 5.92 Å². The van der Waals surface area contributed by atoms with Gasteiger partial charge in [0, 0.05) is 24.9 Å². The van der Waals surface area contributed by atoms with Gasteiger partial charge in [-0.25, -0.2) is 4.98 Å². The van der Waals surface area contributed by atoms with Crippen LogP contribution in [-0.2, 0) is 0 Å². The molecule has 2 rings (SSSR count). The number of hydrogen-bond acceptors (Lipinski definition) is 2. The van der Waals surface area contributed by atoms with Crippen molar-refractivity contribution in [3.05, 3.63) is 18.2 Å². The molecule has 2 N–H and O–H groups in total. The Balaban J connectivity index is 2.12. The topological polar surface area (TPSA) is 40.7 Å². The van der Waals surface area contributed by atoms with Crippen LogP contribution in [0.25, 0.3) is 0 Å². The fourth-order valence-electron chi connectivity index (χ4n) is 1.39. The highest BCUT2D eigenvalue weighted by atomic mass is 15.0. The highest BCUT2D eigenvalue weighted by molar-refractivity contribution is 5.00. The van der Waals surface area contributed by atoms with Gasteiger partial charge in [-0.3, -0.25) is 0 Å². The zero-order chi connectivity index (χ0) is 6.81. The third-order valence-electron chi connectivity index (χ3n) is 1.97. The lowest BCUT2D eigenvalue weighted by Crippen LogP contribution is -2.08. The van der Waals surface area contributed by atoms with Crippen LogP contribution < -0.4 is 5.32 Å². The van der Waals surface area contributed by atoms with E-state index in [9.17, 15) is 0 Å². The molecule has 1 aliphatic heterocycles. The summed E-state index contributed by atoms with van der Waals surface area (Å²) in [6.45, 7) is 2.21. The first-order valence-corrected chi connectivity index (χ1v) is 3.67. The molecule has 0 aliphatic carbocycles. The minimum atomic E-state index is 0.620. The van der Waals surface area contributed by atoms with Gasteiger partial charge in [0.15, 0.2) is 0 Å². The van der Waals surface area contributed by atoms with E-state index in [1.807, 2.05) is 12.4 Å². The molecule has 10 heavy (non-hydrogen) atoms. The van der Waals surface area contributed by atoms with Gasteiger partial charge in [0.25, 0.3) is 0 Å². The smallest absolute Gasteiger partial charge is 0.110 e. The van der Waals surface area contributed by atoms with E-state index >= 15 is 0 Å². The van der Waals surface area contributed by atoms with Gasteiger partial charge in [-0.1, -0.05) is 0 Å². The van der Waals surface area contributed by atoms with Crippen molar-refractivity contribution in [1.82, 2.24) is 15.3 Å². The van der Waals surface area contributed by atoms with Crippen LogP contribution in [0.3, 0.4) is 0 Å². The van der Waals surface area contributed by atoms with Crippen molar-refractivity contribution in [2.45, 2.75) is 12.3 Å². The summed E-state index contributed by atoms with van der Waals surface area (Å²) in [5.74, 6) is 1.75. The molecule has 1 aromatic heterocycles. The average molecular weight is 137 g/mol. The summed E-state index contributed by atoms with van der Waals surface area (Å²) < 4.78 is 0. The lowest BCUT2D eigenvalue weighted by molar-refractivity contribution is 0.714. The third kappa shape index (κ3) is 0.926. The lowest BCUT2D eigenvalue weighted by Gasteiger charge is -2.01. The van der Waals surface area contributed by atoms with Crippen molar-refractivity contribution >= 4 is 0 Å². The van der Waals surface area contributed by atoms with Gasteiger partial charge in [-0.15, -0.1) is 0 Å². The monoisotopic (exact) mass is 137 g/mol. The number of nitrogens with one attached hydrogen (secondary N) is 2. The molecule has 0 amide bonds. The first kappa shape index (κ1) is 5.92. The Morgan fingerprint density at radius 1 is 1.60 bits per heavy atom. The predicted octanol–water partition coefficient (Wildman–Crippen LogP) is 0.487. The molecule has 0 aromatic carbocycles. The standard InChI is InChI=1S/C7H11N3/c1-2-8-5-6(1)7-9-3-4-10-7/h3-4,6,8H,1-2,5H2,(H,9,10). The number of aromatic amines is 1. The molecule has 1 saturated heterocycles. The van der Waals surface area contributed by atoms with Crippen LogP contribution in [0.2, 0.25) is 0 Å². The van der Waals surface area contributed by atoms with Gasteiger partial charge in [0.1, 0.15) is 5.82 Å². The maximum atomic E-state index is 4.20. The summed E-state index contributed by atoms with van der Waals surface area (Å²) in [4.78, 5) is 7.33. The molecule has 0 saturated carbocycles. The Kier molecular flexibility index (Phi) is 1.43. The van der Waals surface area contributed by atoms with E-state index < -0.39 is 0 Å². The van der Waals surface area contributed by atoms with E-state index in [4.69, 9.17) is 0 Å². The number of aromatic nitrogens is 2. The van der Waals surface area contributed by atoms with E-state index in [1.165, 1.54) is 6.42 Å². The molecule has 54 valence electrons. The fraction of sp³-hybridized carbons (Fsp3) is 0.571. The second-order valence-electron chi connectivity index (χ2n) is 2.66. The van der Waals surface area contributed by atoms with Crippen LogP contribution in [0, 0.1) is 0 Å². The van der Waals surface area contributed by atoms with Gasteiger partial charge in [0.2, 0.25) is 0 Å². The normalized spacial score (nSPS) is 25.4. The molecular weight excluding hydrogens is 126 g/mol. The Morgan fingerprint density at radius 2 is 2.60 bits per heavy atom. The molecule has 0 spiro atoms. The van der Waals surface area contributed by atoms with Gasteiger partial charge < -0.3 is 10.3 Å². The van der Waals surface area contributed by atoms with Crippen molar-refractivity contribution in [3.63, 3.8) is 0 Å². The quantitative estimate of drug-likeness (QED) is 0.591. The zero-order valence-corrected chi connectivity index (χ0v) is 5.80. The largest absolute Gasteiger partial charge is 0.348 e. The van der Waals surface area contributed by atoms with E-state index in [2.05, 4.69) is 15.3 Å². The first-order chi connectivity index (χ1) is 4.97. The Bertz CT molecular complexity index is 187. The Morgan fingerprint density at radius 3 is 3.20 bits per heavy atom. The molecular formula is C7H11N3. The highest BCUT2D eigenvalue weighted by Crippen LogP contribution is 2.17. The van der Waals surface area contributed by atoms with Crippen molar-refractivity contribution in [3.8, 4) is 0 Å². The molecule has 1 fully saturated rings. The van der Waals surface area contributed by atoms with Gasteiger partial charge >= 0.3 is 0 Å². The number of rotatable bonds is 1. The van der Waals surface area contributed by atoms with Crippen LogP contribution >= 0.6 is 0 Å². The van der Waals surface area contributed by atoms with E-state index in [-0.39, 0.29) is 0 Å². The third-order valence-corrected chi connectivity index (χ3v) is 1.97. The Labute approximate surface area is 59.9 Å². The van der Waals surface area contributed by atoms with Crippen LogP contribution in [-0.4, -0.2) is 23.1 Å². The molecule has 1 aliphatic rings. The summed E-state index contributed by atoms with van der Waals surface area (Å²) in [7, 11) is 0. The average Bonchev–Trinajstić information content (AvgIpc) is 2.59. The summed E-state index contributed by atoms with van der Waals surface area (Å²) >= 11 is 0. The van der Waals surface area contributed by atoms with E-state index in [0.717, 1.165) is 18.9 Å². The van der Waals surface area contributed by atoms with Crippen LogP contribution in [0.4, 0.5) is 0 Å². The lowest BCUT2D eigenvalue weighted by atomic mass is 10.1. The van der Waals surface area contributed by atoms with Gasteiger partial charge in [-0.05, 0) is 13.0 Å². The van der Waals surface area contributed by atoms with Crippen molar-refractivity contribution in [2.75, 3.05) is 13.1 Å². The molecule has 3 nitrogen and oxygen atoms in total. The van der Waals surface area contributed by atoms with Gasteiger partial charge in [0.05, 0.1) is 0 Å². The molecule has 1 unspecified atom stereocenters. The summed E-state index contributed by atoms with van der Waals surface area (Å²) in [6.07, 6.45) is 4.91. The predicted molar refractivity (Wildman–Crippen MR) is 38.8 cm³/mol. The maximum absolute atomic E-state index is 4.20. The molecule has 0 bridgehead atoms. The molecule has 3 heteroatoms. The molecule has 1 aromatic rings. The Hall–Kier alpha value is -0.830. The zero-order valence-electron chi connectivity index (χ0n) is 5.80. The summed E-state index contributed by atoms with van der Waals surface area (Å²) in [5, 5.41) is 3.30. The number of H-pyrrole nitrogens is 1. The van der Waals surface area contributed by atoms with Gasteiger partial charge in [-0.2, -0.15) is 0 Å². The van der Waals surface area contributed by atoms with Crippen LogP contribution in [0.1, 0.15) is 18.2 Å². The van der Waals surface area contributed by atoms with E-state index in [1.54, 1.807) is 0 Å². The maximum Gasteiger partial charge on any atom is 0.110 e. The number of imidazole rings is 1. The SMILES string of the molecule is c1c[nH]c(C2CCNC2)n1. The van der Waals surface area contributed by atoms with Crippen molar-refractivity contribution in [1.29, 1.82) is 0 Å². The number of hydrogen-bond donors (Lipinski definition) is 2. The van der Waals surface area contributed by atoms with Crippen molar-refractivity contribution in [2.24, 2.45) is 0 Å². The highest BCUT2D eigenvalue weighted by Gasteiger charge is 2.17. The number of nitrogens with zero attached hydrogens (tertiary/aromatic N) is 1. The minimum Gasteiger partial charge on any atom is -0.348 e. The summed E-state index contributed by atoms with van der Waals surface area (Å²) in [6, 6.07) is 0. The van der Waals surface area contributed by atoms with Crippen LogP contribution in [0.15, 0.2) is 12.4 Å². The summed E-state index contributed by atoms with van der Waals surface area (Å²) in [5.41, 5.74) is 0. The molecule has 2 heterocycles. The van der Waals surface area contributed by atoms with Crippen LogP contribution in [0.5, 0.6) is 0 Å². The van der Waals surface area contributed by atoms with Crippen molar-refractivity contribution < 1.29 is 0 Å². The minimum absolute atomic E-state index is 0.620. The molecule has 0 radical (unpaired) electrons. The first-order valence-electron chi connectivity index (χ1n) is 3.67. The fourth-order valence-corrected chi connectivity index (χ4v) is 1.39. The second-order valence-corrected chi connectivity index (χ2v) is 2.66.